The van der Waals surface area contributed by atoms with Crippen molar-refractivity contribution in [3.05, 3.63) is 29.3 Å². The van der Waals surface area contributed by atoms with Crippen LogP contribution in [0.15, 0.2) is 28.3 Å². The third kappa shape index (κ3) is 2.98. The van der Waals surface area contributed by atoms with Crippen LogP contribution in [0.25, 0.3) is 0 Å². The van der Waals surface area contributed by atoms with Gasteiger partial charge in [-0.2, -0.15) is 5.10 Å². The fourth-order valence-electron chi connectivity index (χ4n) is 2.19. The van der Waals surface area contributed by atoms with Crippen molar-refractivity contribution in [2.24, 2.45) is 10.1 Å². The summed E-state index contributed by atoms with van der Waals surface area (Å²) in [6.07, 6.45) is 0.994. The maximum Gasteiger partial charge on any atom is 0.178 e. The van der Waals surface area contributed by atoms with Gasteiger partial charge >= 0.3 is 0 Å². The molecule has 2 heterocycles. The van der Waals surface area contributed by atoms with Gasteiger partial charge in [0.05, 0.1) is 17.9 Å². The van der Waals surface area contributed by atoms with Crippen molar-refractivity contribution in [1.29, 1.82) is 0 Å². The summed E-state index contributed by atoms with van der Waals surface area (Å²) >= 11 is 1.70. The van der Waals surface area contributed by atoms with Crippen LogP contribution in [0.1, 0.15) is 31.9 Å². The molecule has 4 nitrogen and oxygen atoms in total. The molecule has 0 aromatic heterocycles. The lowest BCUT2D eigenvalue weighted by molar-refractivity contribution is 0.357. The molecule has 0 fully saturated rings. The number of nitrogens with zero attached hydrogens (tertiary/aromatic N) is 2. The molecule has 0 atom stereocenters. The van der Waals surface area contributed by atoms with E-state index in [0.717, 1.165) is 35.4 Å². The highest BCUT2D eigenvalue weighted by atomic mass is 32.2. The number of fused-ring (bicyclic) bond motifs is 1. The van der Waals surface area contributed by atoms with Gasteiger partial charge in [0.25, 0.3) is 0 Å². The molecule has 1 aromatic carbocycles. The first kappa shape index (κ1) is 13.5. The number of hydrazone groups is 1. The van der Waals surface area contributed by atoms with Gasteiger partial charge in [-0.05, 0) is 50.1 Å². The number of nitrogens with one attached hydrogen (secondary N) is 1. The number of thioether (sulfide) groups is 1. The van der Waals surface area contributed by atoms with E-state index in [4.69, 9.17) is 4.74 Å². The zero-order valence-corrected chi connectivity index (χ0v) is 12.9. The van der Waals surface area contributed by atoms with Crippen molar-refractivity contribution in [3.8, 4) is 5.75 Å². The van der Waals surface area contributed by atoms with Crippen molar-refractivity contribution >= 4 is 22.6 Å². The number of benzene rings is 1. The molecule has 20 heavy (non-hydrogen) atoms. The Morgan fingerprint density at radius 1 is 1.35 bits per heavy atom. The van der Waals surface area contributed by atoms with Crippen molar-refractivity contribution in [3.63, 3.8) is 0 Å². The van der Waals surface area contributed by atoms with E-state index in [1.165, 1.54) is 11.1 Å². The van der Waals surface area contributed by atoms with Gasteiger partial charge in [-0.3, -0.25) is 10.4 Å². The number of hydrogen-bond donors (Lipinski definition) is 1. The normalized spacial score (nSPS) is 20.1. The van der Waals surface area contributed by atoms with Crippen molar-refractivity contribution in [1.82, 2.24) is 5.43 Å². The Labute approximate surface area is 123 Å². The van der Waals surface area contributed by atoms with E-state index in [0.29, 0.717) is 0 Å². The van der Waals surface area contributed by atoms with Crippen molar-refractivity contribution in [2.75, 3.05) is 12.4 Å². The van der Waals surface area contributed by atoms with Gasteiger partial charge < -0.3 is 4.74 Å². The monoisotopic (exact) mass is 289 g/mol. The van der Waals surface area contributed by atoms with E-state index in [-0.39, 0.29) is 5.54 Å². The van der Waals surface area contributed by atoms with E-state index < -0.39 is 0 Å². The minimum Gasteiger partial charge on any atom is -0.493 e. The summed E-state index contributed by atoms with van der Waals surface area (Å²) in [6.45, 7) is 7.05. The largest absolute Gasteiger partial charge is 0.493 e. The second-order valence-electron chi connectivity index (χ2n) is 5.97. The topological polar surface area (TPSA) is 46.0 Å². The van der Waals surface area contributed by atoms with Gasteiger partial charge in [0, 0.05) is 12.2 Å². The van der Waals surface area contributed by atoms with Crippen molar-refractivity contribution < 1.29 is 4.74 Å². The number of ether oxygens (including phenoxy) is 1. The van der Waals surface area contributed by atoms with Crippen LogP contribution in [0.5, 0.6) is 5.75 Å². The molecule has 3 rings (SSSR count). The zero-order valence-electron chi connectivity index (χ0n) is 12.1. The molecule has 0 unspecified atom stereocenters. The molecule has 0 bridgehead atoms. The van der Waals surface area contributed by atoms with E-state index in [2.05, 4.69) is 48.4 Å². The van der Waals surface area contributed by atoms with Crippen LogP contribution in [-0.4, -0.2) is 28.8 Å². The quantitative estimate of drug-likeness (QED) is 0.864. The Morgan fingerprint density at radius 3 is 2.90 bits per heavy atom. The molecule has 106 valence electrons. The molecule has 0 amide bonds. The molecule has 0 saturated heterocycles. The SMILES string of the molecule is CC(C)(C)N=C1NN=C(c2ccc3c(c2)CCO3)CS1. The fourth-order valence-corrected chi connectivity index (χ4v) is 3.15. The van der Waals surface area contributed by atoms with Gasteiger partial charge in [0.1, 0.15) is 5.75 Å². The van der Waals surface area contributed by atoms with E-state index in [9.17, 15) is 0 Å². The van der Waals surface area contributed by atoms with Gasteiger partial charge in [-0.1, -0.05) is 11.8 Å². The average molecular weight is 289 g/mol. The Morgan fingerprint density at radius 2 is 2.20 bits per heavy atom. The molecule has 0 saturated carbocycles. The fraction of sp³-hybridized carbons (Fsp3) is 0.467. The van der Waals surface area contributed by atoms with Crippen LogP contribution in [0.4, 0.5) is 0 Å². The van der Waals surface area contributed by atoms with Gasteiger partial charge in [-0.25, -0.2) is 0 Å². The zero-order chi connectivity index (χ0) is 14.2. The predicted octanol–water partition coefficient (Wildman–Crippen LogP) is 2.82. The van der Waals surface area contributed by atoms with E-state index in [1.54, 1.807) is 11.8 Å². The smallest absolute Gasteiger partial charge is 0.178 e. The first-order valence-electron chi connectivity index (χ1n) is 6.83. The number of rotatable bonds is 1. The third-order valence-electron chi connectivity index (χ3n) is 3.09. The Balaban J connectivity index is 1.78. The van der Waals surface area contributed by atoms with Crippen molar-refractivity contribution in [2.45, 2.75) is 32.7 Å². The highest BCUT2D eigenvalue weighted by molar-refractivity contribution is 8.14. The second-order valence-corrected chi connectivity index (χ2v) is 6.93. The third-order valence-corrected chi connectivity index (χ3v) is 3.97. The minimum atomic E-state index is -0.0761. The lowest BCUT2D eigenvalue weighted by atomic mass is 10.1. The molecule has 2 aliphatic rings. The lowest BCUT2D eigenvalue weighted by Crippen LogP contribution is -2.28. The number of aliphatic imine (C=N–C) groups is 1. The summed E-state index contributed by atoms with van der Waals surface area (Å²) in [4.78, 5) is 4.60. The van der Waals surface area contributed by atoms with E-state index in [1.807, 2.05) is 6.07 Å². The second kappa shape index (κ2) is 5.13. The molecular formula is C15H19N3OS. The van der Waals surface area contributed by atoms with Crippen LogP contribution in [0, 0.1) is 0 Å². The standard InChI is InChI=1S/C15H19N3OS/c1-15(2,3)16-14-18-17-12(9-20-14)10-4-5-13-11(8-10)6-7-19-13/h4-5,8H,6-7,9H2,1-3H3,(H,16,18). The summed E-state index contributed by atoms with van der Waals surface area (Å²) < 4.78 is 5.53. The summed E-state index contributed by atoms with van der Waals surface area (Å²) in [6, 6.07) is 6.32. The first-order valence-corrected chi connectivity index (χ1v) is 7.81. The predicted molar refractivity (Wildman–Crippen MR) is 85.0 cm³/mol. The van der Waals surface area contributed by atoms with E-state index >= 15 is 0 Å². The first-order chi connectivity index (χ1) is 9.51. The minimum absolute atomic E-state index is 0.0761. The highest BCUT2D eigenvalue weighted by Crippen LogP contribution is 2.27. The Kier molecular flexibility index (Phi) is 3.46. The van der Waals surface area contributed by atoms with Gasteiger partial charge in [0.15, 0.2) is 5.17 Å². The molecule has 5 heteroatoms. The summed E-state index contributed by atoms with van der Waals surface area (Å²) in [5.41, 5.74) is 6.50. The van der Waals surface area contributed by atoms with Crippen LogP contribution in [0.2, 0.25) is 0 Å². The summed E-state index contributed by atoms with van der Waals surface area (Å²) in [7, 11) is 0. The molecular weight excluding hydrogens is 270 g/mol. The maximum atomic E-state index is 5.53. The van der Waals surface area contributed by atoms with Crippen LogP contribution in [-0.2, 0) is 6.42 Å². The lowest BCUT2D eigenvalue weighted by Gasteiger charge is -2.19. The Hall–Kier alpha value is -1.49. The molecule has 0 spiro atoms. The molecule has 1 aromatic rings. The van der Waals surface area contributed by atoms with Crippen LogP contribution >= 0.6 is 11.8 Å². The molecule has 2 aliphatic heterocycles. The summed E-state index contributed by atoms with van der Waals surface area (Å²) in [5.74, 6) is 1.86. The Bertz CT molecular complexity index is 587. The average Bonchev–Trinajstić information content (AvgIpc) is 2.85. The van der Waals surface area contributed by atoms with Crippen LogP contribution in [0.3, 0.4) is 0 Å². The van der Waals surface area contributed by atoms with Gasteiger partial charge in [-0.15, -0.1) is 0 Å². The maximum absolute atomic E-state index is 5.53. The number of amidine groups is 1. The summed E-state index contributed by atoms with van der Waals surface area (Å²) in [5, 5.41) is 5.36. The molecule has 0 aliphatic carbocycles. The number of hydrogen-bond acceptors (Lipinski definition) is 4. The molecule has 0 radical (unpaired) electrons. The highest BCUT2D eigenvalue weighted by Gasteiger charge is 2.18. The molecule has 1 N–H and O–H groups in total. The van der Waals surface area contributed by atoms with Crippen LogP contribution < -0.4 is 10.2 Å². The van der Waals surface area contributed by atoms with Gasteiger partial charge in [0.2, 0.25) is 0 Å².